The smallest absolute Gasteiger partial charge is 0.220 e. The van der Waals surface area contributed by atoms with Gasteiger partial charge in [0, 0.05) is 36.2 Å². The summed E-state index contributed by atoms with van der Waals surface area (Å²) >= 11 is 0. The van der Waals surface area contributed by atoms with Gasteiger partial charge in [0.05, 0.1) is 6.10 Å². The summed E-state index contributed by atoms with van der Waals surface area (Å²) in [6.45, 7) is 1.27. The Morgan fingerprint density at radius 3 is 2.68 bits per heavy atom. The van der Waals surface area contributed by atoms with Crippen LogP contribution in [-0.2, 0) is 16.0 Å². The van der Waals surface area contributed by atoms with E-state index in [1.165, 1.54) is 24.3 Å². The van der Waals surface area contributed by atoms with E-state index in [1.807, 2.05) is 0 Å². The highest BCUT2D eigenvalue weighted by Crippen LogP contribution is 2.32. The molecule has 2 aromatic carbocycles. The van der Waals surface area contributed by atoms with Crippen LogP contribution in [0.15, 0.2) is 42.5 Å². The van der Waals surface area contributed by atoms with E-state index in [1.54, 1.807) is 18.2 Å². The third-order valence-corrected chi connectivity index (χ3v) is 5.15. The van der Waals surface area contributed by atoms with Crippen molar-refractivity contribution < 1.29 is 18.3 Å². The molecular formula is C22H22F2N2O2. The second kappa shape index (κ2) is 8.10. The van der Waals surface area contributed by atoms with Crippen LogP contribution >= 0.6 is 0 Å². The SMILES string of the molecule is O=C(CCc1c(-c2ccc(F)cc2)[nH]c2ccc(F)cc12)NC[C@@H]1CCCO1. The molecule has 3 aromatic rings. The molecule has 6 heteroatoms. The predicted molar refractivity (Wildman–Crippen MR) is 104 cm³/mol. The Morgan fingerprint density at radius 2 is 1.93 bits per heavy atom. The first-order chi connectivity index (χ1) is 13.6. The lowest BCUT2D eigenvalue weighted by Gasteiger charge is -2.11. The number of benzene rings is 2. The standard InChI is InChI=1S/C22H22F2N2O2/c23-15-5-3-14(4-6-15)22-18(19-12-16(24)7-9-20(19)26-22)8-10-21(27)25-13-17-2-1-11-28-17/h3-7,9,12,17,26H,1-2,8,10-11,13H2,(H,25,27)/t17-/m0/s1. The van der Waals surface area contributed by atoms with Gasteiger partial charge in [-0.05, 0) is 72.9 Å². The molecular weight excluding hydrogens is 362 g/mol. The van der Waals surface area contributed by atoms with Crippen LogP contribution in [0.4, 0.5) is 8.78 Å². The Labute approximate surface area is 161 Å². The van der Waals surface area contributed by atoms with Gasteiger partial charge in [-0.3, -0.25) is 4.79 Å². The summed E-state index contributed by atoms with van der Waals surface area (Å²) in [5.41, 5.74) is 3.23. The topological polar surface area (TPSA) is 54.1 Å². The van der Waals surface area contributed by atoms with Gasteiger partial charge < -0.3 is 15.0 Å². The zero-order valence-corrected chi connectivity index (χ0v) is 15.4. The van der Waals surface area contributed by atoms with Crippen LogP contribution in [0.2, 0.25) is 0 Å². The Kier molecular flexibility index (Phi) is 5.39. The minimum atomic E-state index is -0.332. The summed E-state index contributed by atoms with van der Waals surface area (Å²) in [4.78, 5) is 15.6. The molecule has 1 aliphatic heterocycles. The molecule has 1 aromatic heterocycles. The number of amides is 1. The average Bonchev–Trinajstić information content (AvgIpc) is 3.33. The van der Waals surface area contributed by atoms with Crippen molar-refractivity contribution in [1.82, 2.24) is 10.3 Å². The number of hydrogen-bond acceptors (Lipinski definition) is 2. The van der Waals surface area contributed by atoms with Crippen LogP contribution in [0.3, 0.4) is 0 Å². The summed E-state index contributed by atoms with van der Waals surface area (Å²) in [5.74, 6) is -0.714. The Morgan fingerprint density at radius 1 is 1.14 bits per heavy atom. The van der Waals surface area contributed by atoms with Crippen LogP contribution < -0.4 is 5.32 Å². The maximum Gasteiger partial charge on any atom is 0.220 e. The number of nitrogens with one attached hydrogen (secondary N) is 2. The van der Waals surface area contributed by atoms with Gasteiger partial charge in [0.15, 0.2) is 0 Å². The Bertz CT molecular complexity index is 976. The molecule has 0 unspecified atom stereocenters. The molecule has 2 N–H and O–H groups in total. The largest absolute Gasteiger partial charge is 0.376 e. The highest BCUT2D eigenvalue weighted by atomic mass is 19.1. The van der Waals surface area contributed by atoms with Gasteiger partial charge in [0.1, 0.15) is 11.6 Å². The van der Waals surface area contributed by atoms with Gasteiger partial charge >= 0.3 is 0 Å². The Balaban J connectivity index is 1.55. The summed E-state index contributed by atoms with van der Waals surface area (Å²) in [6.07, 6.45) is 2.83. The van der Waals surface area contributed by atoms with Gasteiger partial charge in [-0.15, -0.1) is 0 Å². The molecule has 4 nitrogen and oxygen atoms in total. The number of halogens is 2. The van der Waals surface area contributed by atoms with Crippen LogP contribution in [0.25, 0.3) is 22.2 Å². The van der Waals surface area contributed by atoms with E-state index in [0.29, 0.717) is 13.0 Å². The van der Waals surface area contributed by atoms with Crippen molar-refractivity contribution in [2.24, 2.45) is 0 Å². The number of rotatable bonds is 6. The van der Waals surface area contributed by atoms with Crippen molar-refractivity contribution in [2.45, 2.75) is 31.8 Å². The Hall–Kier alpha value is -2.73. The van der Waals surface area contributed by atoms with Gasteiger partial charge in [-0.25, -0.2) is 8.78 Å². The molecule has 1 saturated heterocycles. The van der Waals surface area contributed by atoms with Crippen LogP contribution in [0.1, 0.15) is 24.8 Å². The minimum Gasteiger partial charge on any atom is -0.376 e. The molecule has 0 spiro atoms. The number of H-pyrrole nitrogens is 1. The molecule has 1 fully saturated rings. The molecule has 1 aliphatic rings. The zero-order chi connectivity index (χ0) is 19.5. The van der Waals surface area contributed by atoms with Gasteiger partial charge in [0.2, 0.25) is 5.91 Å². The fraction of sp³-hybridized carbons (Fsp3) is 0.318. The second-order valence-corrected chi connectivity index (χ2v) is 7.11. The molecule has 146 valence electrons. The van der Waals surface area contributed by atoms with E-state index in [2.05, 4.69) is 10.3 Å². The summed E-state index contributed by atoms with van der Waals surface area (Å²) < 4.78 is 32.6. The first-order valence-corrected chi connectivity index (χ1v) is 9.54. The van der Waals surface area contributed by atoms with Crippen molar-refractivity contribution in [2.75, 3.05) is 13.2 Å². The van der Waals surface area contributed by atoms with E-state index in [-0.39, 0.29) is 30.1 Å². The number of ether oxygens (including phenoxy) is 1. The zero-order valence-electron chi connectivity index (χ0n) is 15.4. The summed E-state index contributed by atoms with van der Waals surface area (Å²) in [6, 6.07) is 10.7. The summed E-state index contributed by atoms with van der Waals surface area (Å²) in [5, 5.41) is 3.66. The van der Waals surface area contributed by atoms with Crippen molar-refractivity contribution in [3.8, 4) is 11.3 Å². The molecule has 0 aliphatic carbocycles. The minimum absolute atomic E-state index is 0.0636. The molecule has 28 heavy (non-hydrogen) atoms. The molecule has 0 bridgehead atoms. The van der Waals surface area contributed by atoms with Crippen molar-refractivity contribution >= 4 is 16.8 Å². The number of aromatic nitrogens is 1. The maximum absolute atomic E-state index is 13.8. The number of aromatic amines is 1. The first kappa shape index (κ1) is 18.6. The van der Waals surface area contributed by atoms with Gasteiger partial charge in [0.25, 0.3) is 0 Å². The lowest BCUT2D eigenvalue weighted by Crippen LogP contribution is -2.31. The van der Waals surface area contributed by atoms with E-state index < -0.39 is 0 Å². The third kappa shape index (κ3) is 4.07. The van der Waals surface area contributed by atoms with Crippen molar-refractivity contribution in [3.63, 3.8) is 0 Å². The monoisotopic (exact) mass is 384 g/mol. The average molecular weight is 384 g/mol. The lowest BCUT2D eigenvalue weighted by molar-refractivity contribution is -0.121. The van der Waals surface area contributed by atoms with E-state index in [4.69, 9.17) is 4.74 Å². The van der Waals surface area contributed by atoms with Crippen LogP contribution in [-0.4, -0.2) is 30.1 Å². The van der Waals surface area contributed by atoms with Gasteiger partial charge in [-0.1, -0.05) is 0 Å². The maximum atomic E-state index is 13.8. The molecule has 0 radical (unpaired) electrons. The number of fused-ring (bicyclic) bond motifs is 1. The highest BCUT2D eigenvalue weighted by molar-refractivity contribution is 5.91. The third-order valence-electron chi connectivity index (χ3n) is 5.15. The number of carbonyl (C=O) groups is 1. The molecule has 0 saturated carbocycles. The molecule has 1 amide bonds. The quantitative estimate of drug-likeness (QED) is 0.664. The van der Waals surface area contributed by atoms with E-state index >= 15 is 0 Å². The van der Waals surface area contributed by atoms with E-state index in [0.717, 1.165) is 47.2 Å². The first-order valence-electron chi connectivity index (χ1n) is 9.54. The highest BCUT2D eigenvalue weighted by Gasteiger charge is 2.18. The number of carbonyl (C=O) groups excluding carboxylic acids is 1. The fourth-order valence-corrected chi connectivity index (χ4v) is 3.70. The number of aryl methyl sites for hydroxylation is 1. The number of hydrogen-bond donors (Lipinski definition) is 2. The van der Waals surface area contributed by atoms with E-state index in [9.17, 15) is 13.6 Å². The summed E-state index contributed by atoms with van der Waals surface area (Å²) in [7, 11) is 0. The van der Waals surface area contributed by atoms with Crippen LogP contribution in [0, 0.1) is 11.6 Å². The normalized spacial score (nSPS) is 16.6. The van der Waals surface area contributed by atoms with Crippen molar-refractivity contribution in [3.05, 3.63) is 59.7 Å². The predicted octanol–water partition coefficient (Wildman–Crippen LogP) is 4.34. The molecule has 4 rings (SSSR count). The molecule has 2 heterocycles. The van der Waals surface area contributed by atoms with Gasteiger partial charge in [-0.2, -0.15) is 0 Å². The fourth-order valence-electron chi connectivity index (χ4n) is 3.70. The molecule has 1 atom stereocenters. The van der Waals surface area contributed by atoms with Crippen LogP contribution in [0.5, 0.6) is 0 Å². The second-order valence-electron chi connectivity index (χ2n) is 7.11. The van der Waals surface area contributed by atoms with Crippen molar-refractivity contribution in [1.29, 1.82) is 0 Å². The lowest BCUT2D eigenvalue weighted by atomic mass is 10.0.